The zero-order chi connectivity index (χ0) is 19.5. The number of ether oxygens (including phenoxy) is 1. The number of guanidine groups is 1. The minimum absolute atomic E-state index is 0.770. The molecule has 2 N–H and O–H groups in total. The number of aliphatic imine (C=N–C) groups is 1. The standard InChI is InChI=1S/C20H34N6O/c1-5-21-20(22-11-14-25(3)13-8-16-27-4)23-12-15-26-17(2)24-18-9-6-7-10-19(18)26/h6-7,9-10H,5,8,11-16H2,1-4H3,(H2,21,22,23). The van der Waals surface area contributed by atoms with E-state index in [9.17, 15) is 0 Å². The van der Waals surface area contributed by atoms with Gasteiger partial charge in [-0.15, -0.1) is 0 Å². The summed E-state index contributed by atoms with van der Waals surface area (Å²) < 4.78 is 7.34. The molecule has 2 rings (SSSR count). The molecule has 1 heterocycles. The van der Waals surface area contributed by atoms with Crippen LogP contribution in [-0.2, 0) is 11.3 Å². The molecule has 0 aliphatic carbocycles. The third kappa shape index (κ3) is 6.84. The minimum Gasteiger partial charge on any atom is -0.385 e. The van der Waals surface area contributed by atoms with Crippen LogP contribution in [0.15, 0.2) is 29.3 Å². The van der Waals surface area contributed by atoms with Crippen LogP contribution in [0.3, 0.4) is 0 Å². The summed E-state index contributed by atoms with van der Waals surface area (Å²) in [6.45, 7) is 10.2. The fraction of sp³-hybridized carbons (Fsp3) is 0.600. The van der Waals surface area contributed by atoms with Crippen LogP contribution in [0, 0.1) is 6.92 Å². The Bertz CT molecular complexity index is 712. The topological polar surface area (TPSA) is 66.7 Å². The summed E-state index contributed by atoms with van der Waals surface area (Å²) in [4.78, 5) is 11.6. The lowest BCUT2D eigenvalue weighted by molar-refractivity contribution is 0.180. The molecular formula is C20H34N6O. The van der Waals surface area contributed by atoms with E-state index in [1.165, 1.54) is 5.52 Å². The molecule has 27 heavy (non-hydrogen) atoms. The van der Waals surface area contributed by atoms with E-state index in [-0.39, 0.29) is 0 Å². The van der Waals surface area contributed by atoms with E-state index in [2.05, 4.69) is 69.2 Å². The van der Waals surface area contributed by atoms with Gasteiger partial charge in [-0.3, -0.25) is 4.99 Å². The van der Waals surface area contributed by atoms with Gasteiger partial charge >= 0.3 is 0 Å². The molecule has 7 heteroatoms. The minimum atomic E-state index is 0.770. The molecular weight excluding hydrogens is 340 g/mol. The van der Waals surface area contributed by atoms with Crippen molar-refractivity contribution in [1.29, 1.82) is 0 Å². The van der Waals surface area contributed by atoms with Crippen LogP contribution in [0.25, 0.3) is 11.0 Å². The first-order valence-corrected chi connectivity index (χ1v) is 9.77. The lowest BCUT2D eigenvalue weighted by Crippen LogP contribution is -2.39. The van der Waals surface area contributed by atoms with E-state index < -0.39 is 0 Å². The van der Waals surface area contributed by atoms with Gasteiger partial charge in [-0.25, -0.2) is 4.98 Å². The number of likely N-dealkylation sites (N-methyl/N-ethyl adjacent to an activating group) is 1. The summed E-state index contributed by atoms with van der Waals surface area (Å²) in [5, 5.41) is 6.74. The highest BCUT2D eigenvalue weighted by atomic mass is 16.5. The lowest BCUT2D eigenvalue weighted by Gasteiger charge is -2.16. The molecule has 0 saturated heterocycles. The molecule has 1 aromatic carbocycles. The van der Waals surface area contributed by atoms with Gasteiger partial charge < -0.3 is 24.8 Å². The number of aryl methyl sites for hydroxylation is 1. The van der Waals surface area contributed by atoms with Crippen LogP contribution in [0.4, 0.5) is 0 Å². The molecule has 0 aliphatic heterocycles. The average Bonchev–Trinajstić information content (AvgIpc) is 2.97. The molecule has 2 aromatic rings. The molecule has 1 aromatic heterocycles. The van der Waals surface area contributed by atoms with Gasteiger partial charge in [0.25, 0.3) is 0 Å². The van der Waals surface area contributed by atoms with Crippen LogP contribution in [-0.4, -0.2) is 73.9 Å². The summed E-state index contributed by atoms with van der Waals surface area (Å²) in [7, 11) is 3.87. The van der Waals surface area contributed by atoms with E-state index in [1.807, 2.05) is 6.07 Å². The molecule has 0 fully saturated rings. The molecule has 0 spiro atoms. The van der Waals surface area contributed by atoms with Crippen molar-refractivity contribution in [3.8, 4) is 0 Å². The van der Waals surface area contributed by atoms with Crippen LogP contribution >= 0.6 is 0 Å². The fourth-order valence-corrected chi connectivity index (χ4v) is 3.03. The highest BCUT2D eigenvalue weighted by molar-refractivity contribution is 5.79. The molecule has 0 unspecified atom stereocenters. The largest absolute Gasteiger partial charge is 0.385 e. The second-order valence-corrected chi connectivity index (χ2v) is 6.64. The maximum Gasteiger partial charge on any atom is 0.191 e. The van der Waals surface area contributed by atoms with Crippen molar-refractivity contribution in [3.05, 3.63) is 30.1 Å². The Hall–Kier alpha value is -2.12. The number of imidazole rings is 1. The van der Waals surface area contributed by atoms with Crippen molar-refractivity contribution in [1.82, 2.24) is 25.1 Å². The van der Waals surface area contributed by atoms with Crippen molar-refractivity contribution < 1.29 is 4.74 Å². The third-order valence-electron chi connectivity index (χ3n) is 4.46. The zero-order valence-corrected chi connectivity index (χ0v) is 17.2. The molecule has 0 saturated carbocycles. The lowest BCUT2D eigenvalue weighted by atomic mass is 10.3. The van der Waals surface area contributed by atoms with E-state index in [1.54, 1.807) is 7.11 Å². The predicted octanol–water partition coefficient (Wildman–Crippen LogP) is 1.87. The van der Waals surface area contributed by atoms with Gasteiger partial charge in [-0.2, -0.15) is 0 Å². The van der Waals surface area contributed by atoms with E-state index in [0.29, 0.717) is 0 Å². The Labute approximate surface area is 162 Å². The van der Waals surface area contributed by atoms with Crippen LogP contribution < -0.4 is 10.6 Å². The van der Waals surface area contributed by atoms with Gasteiger partial charge in [0, 0.05) is 46.4 Å². The average molecular weight is 375 g/mol. The van der Waals surface area contributed by atoms with Crippen molar-refractivity contribution in [2.45, 2.75) is 26.8 Å². The molecule has 0 bridgehead atoms. The number of aromatic nitrogens is 2. The Morgan fingerprint density at radius 2 is 2.07 bits per heavy atom. The number of nitrogens with one attached hydrogen (secondary N) is 2. The molecule has 0 amide bonds. The van der Waals surface area contributed by atoms with Crippen LogP contribution in [0.5, 0.6) is 0 Å². The quantitative estimate of drug-likeness (QED) is 0.357. The SMILES string of the molecule is CCNC(=NCCN(C)CCCOC)NCCn1c(C)nc2ccccc21. The number of hydrogen-bond acceptors (Lipinski definition) is 4. The molecule has 0 atom stereocenters. The highest BCUT2D eigenvalue weighted by Gasteiger charge is 2.06. The number of hydrogen-bond donors (Lipinski definition) is 2. The van der Waals surface area contributed by atoms with Crippen molar-refractivity contribution >= 4 is 17.0 Å². The third-order valence-corrected chi connectivity index (χ3v) is 4.46. The van der Waals surface area contributed by atoms with Gasteiger partial charge in [-0.1, -0.05) is 12.1 Å². The summed E-state index contributed by atoms with van der Waals surface area (Å²) >= 11 is 0. The summed E-state index contributed by atoms with van der Waals surface area (Å²) in [5.41, 5.74) is 2.23. The molecule has 0 aliphatic rings. The maximum atomic E-state index is 5.10. The van der Waals surface area contributed by atoms with Gasteiger partial charge in [0.2, 0.25) is 0 Å². The van der Waals surface area contributed by atoms with Gasteiger partial charge in [0.1, 0.15) is 5.82 Å². The first kappa shape index (κ1) is 21.2. The number of para-hydroxylation sites is 2. The van der Waals surface area contributed by atoms with Crippen LogP contribution in [0.1, 0.15) is 19.2 Å². The Kier molecular flexibility index (Phi) is 9.07. The van der Waals surface area contributed by atoms with Crippen molar-refractivity contribution in [2.75, 3.05) is 53.5 Å². The van der Waals surface area contributed by atoms with E-state index in [4.69, 9.17) is 4.74 Å². The second kappa shape index (κ2) is 11.6. The van der Waals surface area contributed by atoms with Crippen molar-refractivity contribution in [2.24, 2.45) is 4.99 Å². The monoisotopic (exact) mass is 374 g/mol. The number of rotatable bonds is 11. The smallest absolute Gasteiger partial charge is 0.191 e. The highest BCUT2D eigenvalue weighted by Crippen LogP contribution is 2.14. The Morgan fingerprint density at radius 3 is 2.85 bits per heavy atom. The Morgan fingerprint density at radius 1 is 1.26 bits per heavy atom. The molecule has 7 nitrogen and oxygen atoms in total. The summed E-state index contributed by atoms with van der Waals surface area (Å²) in [5.74, 6) is 1.91. The van der Waals surface area contributed by atoms with Crippen molar-refractivity contribution in [3.63, 3.8) is 0 Å². The molecule has 150 valence electrons. The summed E-state index contributed by atoms with van der Waals surface area (Å²) in [6.07, 6.45) is 1.05. The van der Waals surface area contributed by atoms with Gasteiger partial charge in [0.15, 0.2) is 5.96 Å². The maximum absolute atomic E-state index is 5.10. The van der Waals surface area contributed by atoms with E-state index >= 15 is 0 Å². The molecule has 0 radical (unpaired) electrons. The fourth-order valence-electron chi connectivity index (χ4n) is 3.03. The van der Waals surface area contributed by atoms with Gasteiger partial charge in [0.05, 0.1) is 17.6 Å². The second-order valence-electron chi connectivity index (χ2n) is 6.64. The van der Waals surface area contributed by atoms with E-state index in [0.717, 1.165) is 69.6 Å². The number of benzene rings is 1. The van der Waals surface area contributed by atoms with Crippen LogP contribution in [0.2, 0.25) is 0 Å². The zero-order valence-electron chi connectivity index (χ0n) is 17.2. The number of methoxy groups -OCH3 is 1. The first-order valence-electron chi connectivity index (χ1n) is 9.77. The van der Waals surface area contributed by atoms with Gasteiger partial charge in [-0.05, 0) is 39.4 Å². The predicted molar refractivity (Wildman–Crippen MR) is 112 cm³/mol. The normalized spacial score (nSPS) is 12.1. The number of fused-ring (bicyclic) bond motifs is 1. The summed E-state index contributed by atoms with van der Waals surface area (Å²) in [6, 6.07) is 8.26. The first-order chi connectivity index (χ1) is 13.2. The number of nitrogens with zero attached hydrogens (tertiary/aromatic N) is 4. The Balaban J connectivity index is 1.82.